The predicted octanol–water partition coefficient (Wildman–Crippen LogP) is 1.68. The van der Waals surface area contributed by atoms with E-state index in [2.05, 4.69) is 15.5 Å². The van der Waals surface area contributed by atoms with E-state index in [1.165, 1.54) is 0 Å². The average Bonchev–Trinajstić information content (AvgIpc) is 3.12. The van der Waals surface area contributed by atoms with Gasteiger partial charge in [-0.1, -0.05) is 12.1 Å². The summed E-state index contributed by atoms with van der Waals surface area (Å²) in [4.78, 5) is 18.3. The van der Waals surface area contributed by atoms with Gasteiger partial charge < -0.3 is 14.7 Å². The highest BCUT2D eigenvalue weighted by molar-refractivity contribution is 5.75. The molecular formula is C13H20N4O2. The zero-order valence-corrected chi connectivity index (χ0v) is 11.3. The summed E-state index contributed by atoms with van der Waals surface area (Å²) in [5.74, 6) is 1.64. The van der Waals surface area contributed by atoms with Crippen LogP contribution < -0.4 is 5.32 Å². The average molecular weight is 264 g/mol. The molecule has 104 valence electrons. The maximum atomic E-state index is 12.0. The monoisotopic (exact) mass is 264 g/mol. The van der Waals surface area contributed by atoms with Crippen molar-refractivity contribution in [2.75, 3.05) is 13.1 Å². The van der Waals surface area contributed by atoms with Gasteiger partial charge in [-0.2, -0.15) is 4.98 Å². The summed E-state index contributed by atoms with van der Waals surface area (Å²) in [5, 5.41) is 7.07. The highest BCUT2D eigenvalue weighted by Gasteiger charge is 2.30. The third kappa shape index (κ3) is 2.88. The van der Waals surface area contributed by atoms with Crippen LogP contribution in [0.1, 0.15) is 50.2 Å². The van der Waals surface area contributed by atoms with Gasteiger partial charge in [0.2, 0.25) is 5.89 Å². The minimum absolute atomic E-state index is 0.0615. The van der Waals surface area contributed by atoms with E-state index in [1.807, 2.05) is 11.8 Å². The molecule has 1 saturated carbocycles. The molecule has 0 bridgehead atoms. The second-order valence-electron chi connectivity index (χ2n) is 5.41. The van der Waals surface area contributed by atoms with Gasteiger partial charge in [0.1, 0.15) is 0 Å². The Bertz CT molecular complexity index is 455. The lowest BCUT2D eigenvalue weighted by atomic mass is 9.98. The zero-order valence-electron chi connectivity index (χ0n) is 11.3. The van der Waals surface area contributed by atoms with E-state index in [1.54, 1.807) is 0 Å². The molecule has 0 radical (unpaired) electrons. The number of carbonyl (C=O) groups excluding carboxylic acids is 1. The SMILES string of the molecule is CCc1nc(C2CCCN(C(=O)NC3CC3)C2)no1. The van der Waals surface area contributed by atoms with Crippen molar-refractivity contribution in [2.45, 2.75) is 51.0 Å². The minimum Gasteiger partial charge on any atom is -0.339 e. The molecule has 1 aromatic rings. The Balaban J connectivity index is 1.61. The van der Waals surface area contributed by atoms with Crippen molar-refractivity contribution in [1.29, 1.82) is 0 Å². The number of hydrogen-bond donors (Lipinski definition) is 1. The van der Waals surface area contributed by atoms with E-state index in [-0.39, 0.29) is 11.9 Å². The van der Waals surface area contributed by atoms with Crippen molar-refractivity contribution in [3.8, 4) is 0 Å². The molecule has 1 atom stereocenters. The quantitative estimate of drug-likeness (QED) is 0.901. The molecule has 6 heteroatoms. The van der Waals surface area contributed by atoms with E-state index in [4.69, 9.17) is 4.52 Å². The first-order valence-corrected chi connectivity index (χ1v) is 7.14. The van der Waals surface area contributed by atoms with Crippen LogP contribution in [0.25, 0.3) is 0 Å². The van der Waals surface area contributed by atoms with Crippen molar-refractivity contribution < 1.29 is 9.32 Å². The minimum atomic E-state index is 0.0615. The maximum Gasteiger partial charge on any atom is 0.317 e. The molecule has 2 aliphatic rings. The Hall–Kier alpha value is -1.59. The summed E-state index contributed by atoms with van der Waals surface area (Å²) >= 11 is 0. The summed E-state index contributed by atoms with van der Waals surface area (Å²) in [6, 6.07) is 0.469. The Morgan fingerprint density at radius 2 is 2.32 bits per heavy atom. The molecule has 2 heterocycles. The fourth-order valence-electron chi connectivity index (χ4n) is 2.44. The molecule has 0 aromatic carbocycles. The van der Waals surface area contributed by atoms with Crippen LogP contribution in [-0.2, 0) is 6.42 Å². The van der Waals surface area contributed by atoms with E-state index in [0.29, 0.717) is 18.5 Å². The molecule has 1 unspecified atom stereocenters. The van der Waals surface area contributed by atoms with Crippen LogP contribution in [0.5, 0.6) is 0 Å². The number of carbonyl (C=O) groups is 1. The molecule has 6 nitrogen and oxygen atoms in total. The number of aryl methyl sites for hydroxylation is 1. The van der Waals surface area contributed by atoms with Crippen LogP contribution in [0.2, 0.25) is 0 Å². The molecule has 1 saturated heterocycles. The molecule has 3 rings (SSSR count). The van der Waals surface area contributed by atoms with Gasteiger partial charge in [-0.05, 0) is 25.7 Å². The lowest BCUT2D eigenvalue weighted by Crippen LogP contribution is -2.45. The number of hydrogen-bond acceptors (Lipinski definition) is 4. The number of nitrogens with one attached hydrogen (secondary N) is 1. The van der Waals surface area contributed by atoms with Crippen LogP contribution in [0.15, 0.2) is 4.52 Å². The van der Waals surface area contributed by atoms with Gasteiger partial charge in [0.15, 0.2) is 5.82 Å². The van der Waals surface area contributed by atoms with E-state index in [0.717, 1.165) is 44.5 Å². The van der Waals surface area contributed by atoms with Gasteiger partial charge in [-0.15, -0.1) is 0 Å². The zero-order chi connectivity index (χ0) is 13.2. The molecule has 2 fully saturated rings. The molecule has 1 aliphatic carbocycles. The smallest absolute Gasteiger partial charge is 0.317 e. The van der Waals surface area contributed by atoms with Crippen LogP contribution in [0, 0.1) is 0 Å². The van der Waals surface area contributed by atoms with Gasteiger partial charge >= 0.3 is 6.03 Å². The highest BCUT2D eigenvalue weighted by Crippen LogP contribution is 2.26. The van der Waals surface area contributed by atoms with Gasteiger partial charge in [0.25, 0.3) is 0 Å². The van der Waals surface area contributed by atoms with Crippen LogP contribution in [0.4, 0.5) is 4.79 Å². The summed E-state index contributed by atoms with van der Waals surface area (Å²) < 4.78 is 5.16. The standard InChI is InChI=1S/C13H20N4O2/c1-2-11-15-12(16-19-11)9-4-3-7-17(8-9)13(18)14-10-5-6-10/h9-10H,2-8H2,1H3,(H,14,18). The number of piperidine rings is 1. The first kappa shape index (κ1) is 12.4. The number of rotatable bonds is 3. The summed E-state index contributed by atoms with van der Waals surface area (Å²) in [6.45, 7) is 3.52. The van der Waals surface area contributed by atoms with Crippen molar-refractivity contribution >= 4 is 6.03 Å². The second-order valence-corrected chi connectivity index (χ2v) is 5.41. The Morgan fingerprint density at radius 1 is 1.47 bits per heavy atom. The largest absolute Gasteiger partial charge is 0.339 e. The normalized spacial score (nSPS) is 23.4. The van der Waals surface area contributed by atoms with Gasteiger partial charge in [0, 0.05) is 31.5 Å². The van der Waals surface area contributed by atoms with Crippen LogP contribution in [0.3, 0.4) is 0 Å². The predicted molar refractivity (Wildman–Crippen MR) is 68.8 cm³/mol. The fraction of sp³-hybridized carbons (Fsp3) is 0.769. The van der Waals surface area contributed by atoms with Crippen molar-refractivity contribution in [1.82, 2.24) is 20.4 Å². The summed E-state index contributed by atoms with van der Waals surface area (Å²) in [6.07, 6.45) is 5.02. The third-order valence-electron chi connectivity index (χ3n) is 3.76. The lowest BCUT2D eigenvalue weighted by molar-refractivity contribution is 0.177. The van der Waals surface area contributed by atoms with E-state index >= 15 is 0 Å². The molecule has 1 N–H and O–H groups in total. The third-order valence-corrected chi connectivity index (χ3v) is 3.76. The Kier molecular flexibility index (Phi) is 3.40. The number of aromatic nitrogens is 2. The van der Waals surface area contributed by atoms with E-state index < -0.39 is 0 Å². The molecule has 19 heavy (non-hydrogen) atoms. The Labute approximate surface area is 112 Å². The molecule has 0 spiro atoms. The van der Waals surface area contributed by atoms with Crippen LogP contribution >= 0.6 is 0 Å². The first-order chi connectivity index (χ1) is 9.26. The Morgan fingerprint density at radius 3 is 3.00 bits per heavy atom. The molecule has 2 amide bonds. The fourth-order valence-corrected chi connectivity index (χ4v) is 2.44. The van der Waals surface area contributed by atoms with Gasteiger partial charge in [-0.3, -0.25) is 0 Å². The molecule has 1 aromatic heterocycles. The number of amides is 2. The highest BCUT2D eigenvalue weighted by atomic mass is 16.5. The molecule has 1 aliphatic heterocycles. The van der Waals surface area contributed by atoms with E-state index in [9.17, 15) is 4.79 Å². The molecular weight excluding hydrogens is 244 g/mol. The van der Waals surface area contributed by atoms with Crippen molar-refractivity contribution in [3.05, 3.63) is 11.7 Å². The number of urea groups is 1. The summed E-state index contributed by atoms with van der Waals surface area (Å²) in [5.41, 5.74) is 0. The first-order valence-electron chi connectivity index (χ1n) is 7.14. The van der Waals surface area contributed by atoms with Crippen molar-refractivity contribution in [3.63, 3.8) is 0 Å². The van der Waals surface area contributed by atoms with Crippen LogP contribution in [-0.4, -0.2) is 40.2 Å². The number of likely N-dealkylation sites (tertiary alicyclic amines) is 1. The summed E-state index contributed by atoms with van der Waals surface area (Å²) in [7, 11) is 0. The van der Waals surface area contributed by atoms with Gasteiger partial charge in [-0.25, -0.2) is 4.79 Å². The van der Waals surface area contributed by atoms with Gasteiger partial charge in [0.05, 0.1) is 0 Å². The number of nitrogens with zero attached hydrogens (tertiary/aromatic N) is 3. The lowest BCUT2D eigenvalue weighted by Gasteiger charge is -2.31. The second kappa shape index (κ2) is 5.19. The topological polar surface area (TPSA) is 71.3 Å². The van der Waals surface area contributed by atoms with Crippen molar-refractivity contribution in [2.24, 2.45) is 0 Å². The maximum absolute atomic E-state index is 12.0.